The van der Waals surface area contributed by atoms with Crippen molar-refractivity contribution in [2.75, 3.05) is 17.8 Å². The summed E-state index contributed by atoms with van der Waals surface area (Å²) in [7, 11) is -7.02. The summed E-state index contributed by atoms with van der Waals surface area (Å²) in [6, 6.07) is 0. The van der Waals surface area contributed by atoms with E-state index in [1.807, 2.05) is 0 Å². The number of sulfone groups is 1. The van der Waals surface area contributed by atoms with Gasteiger partial charge in [0.2, 0.25) is 10.0 Å². The van der Waals surface area contributed by atoms with E-state index in [2.05, 4.69) is 4.72 Å². The molecule has 6 nitrogen and oxygen atoms in total. The molecule has 0 aromatic rings. The van der Waals surface area contributed by atoms with Crippen molar-refractivity contribution in [2.45, 2.75) is 32.4 Å². The molecule has 16 heavy (non-hydrogen) atoms. The molecule has 0 amide bonds. The maximum absolute atomic E-state index is 11.5. The number of aliphatic hydroxyl groups excluding tert-OH is 1. The van der Waals surface area contributed by atoms with E-state index >= 15 is 0 Å². The van der Waals surface area contributed by atoms with Crippen molar-refractivity contribution < 1.29 is 21.9 Å². The molecule has 1 atom stereocenters. The molecule has 98 valence electrons. The van der Waals surface area contributed by atoms with Gasteiger partial charge in [-0.15, -0.1) is 0 Å². The minimum absolute atomic E-state index is 0.432. The SMILES string of the molecule is CC(O)C(C)(C)NS(=O)(=O)CCS(C)(=O)=O. The van der Waals surface area contributed by atoms with Gasteiger partial charge in [-0.1, -0.05) is 0 Å². The zero-order valence-corrected chi connectivity index (χ0v) is 11.5. The molecule has 0 aromatic carbocycles. The van der Waals surface area contributed by atoms with Crippen LogP contribution in [0.2, 0.25) is 0 Å². The van der Waals surface area contributed by atoms with Crippen molar-refractivity contribution in [1.82, 2.24) is 4.72 Å². The summed E-state index contributed by atoms with van der Waals surface area (Å²) in [5.74, 6) is -0.930. The van der Waals surface area contributed by atoms with E-state index in [0.717, 1.165) is 6.26 Å². The molecule has 0 bridgehead atoms. The molecule has 0 aliphatic carbocycles. The number of sulfonamides is 1. The first-order valence-corrected chi connectivity index (χ1v) is 8.44. The standard InChI is InChI=1S/C8H19NO5S2/c1-7(10)8(2,3)9-16(13,14)6-5-15(4,11)12/h7,9-10H,5-6H2,1-4H3. The van der Waals surface area contributed by atoms with Gasteiger partial charge in [0.1, 0.15) is 9.84 Å². The topological polar surface area (TPSA) is 101 Å². The molecular formula is C8H19NO5S2. The molecule has 0 aliphatic rings. The Balaban J connectivity index is 4.61. The van der Waals surface area contributed by atoms with Gasteiger partial charge < -0.3 is 5.11 Å². The third-order valence-corrected chi connectivity index (χ3v) is 4.97. The van der Waals surface area contributed by atoms with Crippen LogP contribution in [-0.4, -0.2) is 51.3 Å². The van der Waals surface area contributed by atoms with E-state index < -0.39 is 43.0 Å². The van der Waals surface area contributed by atoms with Crippen LogP contribution < -0.4 is 4.72 Å². The van der Waals surface area contributed by atoms with Gasteiger partial charge >= 0.3 is 0 Å². The van der Waals surface area contributed by atoms with Crippen molar-refractivity contribution in [3.63, 3.8) is 0 Å². The van der Waals surface area contributed by atoms with Gasteiger partial charge in [-0.05, 0) is 20.8 Å². The Morgan fingerprint density at radius 1 is 1.19 bits per heavy atom. The van der Waals surface area contributed by atoms with Gasteiger partial charge in [-0.2, -0.15) is 0 Å². The number of hydrogen-bond donors (Lipinski definition) is 2. The predicted molar refractivity (Wildman–Crippen MR) is 62.4 cm³/mol. The molecule has 0 heterocycles. The van der Waals surface area contributed by atoms with Crippen molar-refractivity contribution in [3.05, 3.63) is 0 Å². The minimum atomic E-state index is -3.71. The van der Waals surface area contributed by atoms with E-state index in [1.54, 1.807) is 0 Å². The summed E-state index contributed by atoms with van der Waals surface area (Å²) in [5, 5.41) is 9.33. The maximum atomic E-state index is 11.5. The normalized spacial score (nSPS) is 16.1. The smallest absolute Gasteiger partial charge is 0.213 e. The highest BCUT2D eigenvalue weighted by Crippen LogP contribution is 2.10. The van der Waals surface area contributed by atoms with Crippen molar-refractivity contribution in [3.8, 4) is 0 Å². The molecule has 0 aromatic heterocycles. The average molecular weight is 273 g/mol. The van der Waals surface area contributed by atoms with Crippen molar-refractivity contribution in [2.24, 2.45) is 0 Å². The van der Waals surface area contributed by atoms with Crippen LogP contribution >= 0.6 is 0 Å². The highest BCUT2D eigenvalue weighted by Gasteiger charge is 2.29. The Kier molecular flexibility index (Phi) is 4.93. The third kappa shape index (κ3) is 6.41. The largest absolute Gasteiger partial charge is 0.391 e. The first-order chi connectivity index (χ1) is 6.86. The van der Waals surface area contributed by atoms with Crippen LogP contribution in [0.5, 0.6) is 0 Å². The lowest BCUT2D eigenvalue weighted by atomic mass is 10.0. The Morgan fingerprint density at radius 2 is 1.62 bits per heavy atom. The van der Waals surface area contributed by atoms with Crippen molar-refractivity contribution in [1.29, 1.82) is 0 Å². The van der Waals surface area contributed by atoms with Gasteiger partial charge in [-0.25, -0.2) is 21.6 Å². The highest BCUT2D eigenvalue weighted by atomic mass is 32.2. The number of rotatable bonds is 6. The second-order valence-electron chi connectivity index (χ2n) is 4.45. The second kappa shape index (κ2) is 4.99. The number of nitrogens with one attached hydrogen (secondary N) is 1. The molecule has 0 rings (SSSR count). The van der Waals surface area contributed by atoms with Crippen molar-refractivity contribution >= 4 is 19.9 Å². The van der Waals surface area contributed by atoms with Gasteiger partial charge in [0, 0.05) is 6.26 Å². The third-order valence-electron chi connectivity index (χ3n) is 2.19. The van der Waals surface area contributed by atoms with Crippen LogP contribution in [0.1, 0.15) is 20.8 Å². The van der Waals surface area contributed by atoms with E-state index in [0.29, 0.717) is 0 Å². The average Bonchev–Trinajstić information content (AvgIpc) is 1.97. The summed E-state index contributed by atoms with van der Waals surface area (Å²) < 4.78 is 47.0. The second-order valence-corrected chi connectivity index (χ2v) is 8.55. The molecule has 2 N–H and O–H groups in total. The minimum Gasteiger partial charge on any atom is -0.391 e. The molecule has 1 unspecified atom stereocenters. The summed E-state index contributed by atoms with van der Waals surface area (Å²) in [6.07, 6.45) is 0.100. The van der Waals surface area contributed by atoms with Gasteiger partial charge in [-0.3, -0.25) is 0 Å². The van der Waals surface area contributed by atoms with E-state index in [-0.39, 0.29) is 0 Å². The van der Waals surface area contributed by atoms with E-state index in [4.69, 9.17) is 0 Å². The fourth-order valence-corrected chi connectivity index (χ4v) is 3.96. The van der Waals surface area contributed by atoms with Crippen LogP contribution in [0.15, 0.2) is 0 Å². The lowest BCUT2D eigenvalue weighted by molar-refractivity contribution is 0.112. The summed E-state index contributed by atoms with van der Waals surface area (Å²) in [6.45, 7) is 4.50. The Bertz CT molecular complexity index is 421. The van der Waals surface area contributed by atoms with Gasteiger partial charge in [0.15, 0.2) is 0 Å². The van der Waals surface area contributed by atoms with Crippen LogP contribution in [0.3, 0.4) is 0 Å². The quantitative estimate of drug-likeness (QED) is 0.654. The first kappa shape index (κ1) is 15.8. The van der Waals surface area contributed by atoms with Crippen LogP contribution in [0.25, 0.3) is 0 Å². The predicted octanol–water partition coefficient (Wildman–Crippen LogP) is -0.890. The number of hydrogen-bond acceptors (Lipinski definition) is 5. The molecule has 0 spiro atoms. The zero-order chi connectivity index (χ0) is 13.2. The fourth-order valence-electron chi connectivity index (χ4n) is 0.798. The monoisotopic (exact) mass is 273 g/mol. The van der Waals surface area contributed by atoms with Crippen LogP contribution in [0, 0.1) is 0 Å². The first-order valence-electron chi connectivity index (χ1n) is 4.73. The fraction of sp³-hybridized carbons (Fsp3) is 1.00. The molecule has 0 radical (unpaired) electrons. The van der Waals surface area contributed by atoms with Gasteiger partial charge in [0.25, 0.3) is 0 Å². The zero-order valence-electron chi connectivity index (χ0n) is 9.89. The lowest BCUT2D eigenvalue weighted by Crippen LogP contribution is -2.51. The van der Waals surface area contributed by atoms with E-state index in [1.165, 1.54) is 20.8 Å². The molecule has 0 fully saturated rings. The Labute approximate surface area is 97.0 Å². The number of aliphatic hydroxyl groups is 1. The molecule has 0 saturated heterocycles. The Morgan fingerprint density at radius 3 is 1.94 bits per heavy atom. The molecule has 0 aliphatic heterocycles. The maximum Gasteiger partial charge on any atom is 0.213 e. The molecule has 0 saturated carbocycles. The molecule has 8 heteroatoms. The van der Waals surface area contributed by atoms with E-state index in [9.17, 15) is 21.9 Å². The summed E-state index contributed by atoms with van der Waals surface area (Å²) >= 11 is 0. The summed E-state index contributed by atoms with van der Waals surface area (Å²) in [4.78, 5) is 0. The van der Waals surface area contributed by atoms with Gasteiger partial charge in [0.05, 0.1) is 23.1 Å². The van der Waals surface area contributed by atoms with Crippen LogP contribution in [-0.2, 0) is 19.9 Å². The van der Waals surface area contributed by atoms with Crippen LogP contribution in [0.4, 0.5) is 0 Å². The Hall–Kier alpha value is -0.180. The highest BCUT2D eigenvalue weighted by molar-refractivity contribution is 7.93. The lowest BCUT2D eigenvalue weighted by Gasteiger charge is -2.28. The summed E-state index contributed by atoms with van der Waals surface area (Å²) in [5.41, 5.74) is -1.02. The molecular weight excluding hydrogens is 254 g/mol.